The lowest BCUT2D eigenvalue weighted by Crippen LogP contribution is -2.12. The molecule has 1 N–H and O–H groups in total. The van der Waals surface area contributed by atoms with Gasteiger partial charge in [0.05, 0.1) is 20.5 Å². The molecule has 0 aromatic carbocycles. The summed E-state index contributed by atoms with van der Waals surface area (Å²) >= 11 is 8.60. The summed E-state index contributed by atoms with van der Waals surface area (Å²) in [4.78, 5) is 20.6. The molecule has 3 rings (SSSR count). The number of thiazole rings is 1. The van der Waals surface area contributed by atoms with Crippen molar-refractivity contribution >= 4 is 45.3 Å². The van der Waals surface area contributed by atoms with E-state index in [1.807, 2.05) is 11.4 Å². The third-order valence-electron chi connectivity index (χ3n) is 2.54. The number of hydrogen-bond donors (Lipinski definition) is 1. The summed E-state index contributed by atoms with van der Waals surface area (Å²) in [5.74, 6) is -1.01. The van der Waals surface area contributed by atoms with Crippen molar-refractivity contribution < 1.29 is 9.18 Å². The van der Waals surface area contributed by atoms with E-state index in [4.69, 9.17) is 11.6 Å². The fourth-order valence-corrected chi connectivity index (χ4v) is 3.36. The molecule has 0 aliphatic rings. The number of carbonyl (C=O) groups is 1. The van der Waals surface area contributed by atoms with Crippen molar-refractivity contribution in [1.82, 2.24) is 9.97 Å². The second-order valence-corrected chi connectivity index (χ2v) is 6.54. The molecule has 8 heteroatoms. The number of pyridine rings is 1. The first-order valence-electron chi connectivity index (χ1n) is 5.76. The topological polar surface area (TPSA) is 54.9 Å². The number of amides is 1. The molecule has 0 bridgehead atoms. The Balaban J connectivity index is 1.75. The van der Waals surface area contributed by atoms with Crippen LogP contribution >= 0.6 is 34.3 Å². The van der Waals surface area contributed by atoms with Crippen molar-refractivity contribution in [2.75, 3.05) is 5.32 Å². The van der Waals surface area contributed by atoms with Crippen molar-refractivity contribution in [3.05, 3.63) is 51.7 Å². The van der Waals surface area contributed by atoms with Crippen molar-refractivity contribution in [2.45, 2.75) is 0 Å². The Hall–Kier alpha value is -1.83. The van der Waals surface area contributed by atoms with Gasteiger partial charge in [-0.2, -0.15) is 4.39 Å². The van der Waals surface area contributed by atoms with Gasteiger partial charge < -0.3 is 0 Å². The van der Waals surface area contributed by atoms with Gasteiger partial charge in [0, 0.05) is 11.6 Å². The van der Waals surface area contributed by atoms with E-state index in [2.05, 4.69) is 15.3 Å². The number of nitrogens with one attached hydrogen (secondary N) is 1. The molecule has 0 radical (unpaired) electrons. The summed E-state index contributed by atoms with van der Waals surface area (Å²) in [5, 5.41) is 4.95. The number of nitrogens with zero attached hydrogens (tertiary/aromatic N) is 2. The molecular formula is C13H7ClFN3OS2. The molecule has 0 spiro atoms. The minimum atomic E-state index is -0.627. The average molecular weight is 340 g/mol. The van der Waals surface area contributed by atoms with E-state index < -0.39 is 5.95 Å². The van der Waals surface area contributed by atoms with E-state index in [9.17, 15) is 9.18 Å². The third-order valence-corrected chi connectivity index (χ3v) is 4.55. The predicted octanol–water partition coefficient (Wildman–Crippen LogP) is 4.31. The van der Waals surface area contributed by atoms with Crippen LogP contribution in [0.25, 0.3) is 10.6 Å². The summed E-state index contributed by atoms with van der Waals surface area (Å²) in [7, 11) is 0. The molecular weight excluding hydrogens is 333 g/mol. The van der Waals surface area contributed by atoms with Gasteiger partial charge in [0.25, 0.3) is 5.91 Å². The Labute approximate surface area is 132 Å². The van der Waals surface area contributed by atoms with Gasteiger partial charge in [-0.05, 0) is 24.3 Å². The first-order valence-corrected chi connectivity index (χ1v) is 7.83. The lowest BCUT2D eigenvalue weighted by Gasteiger charge is -2.00. The van der Waals surface area contributed by atoms with Gasteiger partial charge in [-0.15, -0.1) is 22.7 Å². The SMILES string of the molecule is O=C(Nc1nc(-c2ccc(Cl)s2)cs1)c1ccc(F)nc1. The van der Waals surface area contributed by atoms with Crippen LogP contribution in [0.2, 0.25) is 4.34 Å². The zero-order valence-corrected chi connectivity index (χ0v) is 12.7. The van der Waals surface area contributed by atoms with Gasteiger partial charge in [0.15, 0.2) is 5.13 Å². The summed E-state index contributed by atoms with van der Waals surface area (Å²) in [6.07, 6.45) is 1.18. The van der Waals surface area contributed by atoms with Crippen molar-refractivity contribution in [3.63, 3.8) is 0 Å². The molecule has 3 aromatic rings. The Morgan fingerprint density at radius 3 is 2.81 bits per heavy atom. The quantitative estimate of drug-likeness (QED) is 0.723. The van der Waals surface area contributed by atoms with Crippen LogP contribution < -0.4 is 5.32 Å². The molecule has 0 atom stereocenters. The Morgan fingerprint density at radius 2 is 2.14 bits per heavy atom. The second-order valence-electron chi connectivity index (χ2n) is 3.97. The maximum atomic E-state index is 12.7. The Bertz CT molecular complexity index is 785. The molecule has 0 saturated heterocycles. The van der Waals surface area contributed by atoms with E-state index in [0.29, 0.717) is 9.47 Å². The van der Waals surface area contributed by atoms with E-state index in [1.54, 1.807) is 6.07 Å². The first kappa shape index (κ1) is 14.1. The minimum Gasteiger partial charge on any atom is -0.298 e. The first-order chi connectivity index (χ1) is 10.1. The standard InChI is InChI=1S/C13H7ClFN3OS2/c14-10-3-2-9(21-10)8-6-20-13(17-8)18-12(19)7-1-4-11(15)16-5-7/h1-6H,(H,17,18,19). The van der Waals surface area contributed by atoms with Gasteiger partial charge >= 0.3 is 0 Å². The van der Waals surface area contributed by atoms with Crippen molar-refractivity contribution in [3.8, 4) is 10.6 Å². The maximum absolute atomic E-state index is 12.7. The van der Waals surface area contributed by atoms with Gasteiger partial charge in [0.1, 0.15) is 0 Å². The van der Waals surface area contributed by atoms with Gasteiger partial charge in [-0.3, -0.25) is 10.1 Å². The molecule has 3 heterocycles. The number of anilines is 1. The predicted molar refractivity (Wildman–Crippen MR) is 82.6 cm³/mol. The number of halogens is 2. The van der Waals surface area contributed by atoms with E-state index >= 15 is 0 Å². The molecule has 21 heavy (non-hydrogen) atoms. The highest BCUT2D eigenvalue weighted by atomic mass is 35.5. The van der Waals surface area contributed by atoms with Crippen LogP contribution in [0, 0.1) is 5.95 Å². The van der Waals surface area contributed by atoms with E-state index in [0.717, 1.165) is 16.6 Å². The van der Waals surface area contributed by atoms with E-state index in [1.165, 1.54) is 34.9 Å². The lowest BCUT2D eigenvalue weighted by molar-refractivity contribution is 0.102. The normalized spacial score (nSPS) is 10.6. The van der Waals surface area contributed by atoms with Crippen LogP contribution in [0.15, 0.2) is 35.8 Å². The molecule has 0 aliphatic carbocycles. The number of hydrogen-bond acceptors (Lipinski definition) is 5. The minimum absolute atomic E-state index is 0.271. The molecule has 4 nitrogen and oxygen atoms in total. The number of aromatic nitrogens is 2. The van der Waals surface area contributed by atoms with Crippen LogP contribution in [-0.4, -0.2) is 15.9 Å². The molecule has 0 fully saturated rings. The molecule has 106 valence electrons. The van der Waals surface area contributed by atoms with Gasteiger partial charge in [-0.25, -0.2) is 9.97 Å². The third kappa shape index (κ3) is 3.26. The second kappa shape index (κ2) is 5.88. The van der Waals surface area contributed by atoms with Crippen molar-refractivity contribution in [1.29, 1.82) is 0 Å². The Morgan fingerprint density at radius 1 is 1.29 bits per heavy atom. The molecule has 3 aromatic heterocycles. The van der Waals surface area contributed by atoms with Crippen LogP contribution in [0.4, 0.5) is 9.52 Å². The summed E-state index contributed by atoms with van der Waals surface area (Å²) in [5.41, 5.74) is 1.02. The van der Waals surface area contributed by atoms with E-state index in [-0.39, 0.29) is 11.5 Å². The van der Waals surface area contributed by atoms with Gasteiger partial charge in [0.2, 0.25) is 5.95 Å². The van der Waals surface area contributed by atoms with Crippen LogP contribution in [0.1, 0.15) is 10.4 Å². The smallest absolute Gasteiger partial charge is 0.259 e. The monoisotopic (exact) mass is 339 g/mol. The maximum Gasteiger partial charge on any atom is 0.259 e. The van der Waals surface area contributed by atoms with Crippen LogP contribution in [0.5, 0.6) is 0 Å². The average Bonchev–Trinajstić information content (AvgIpc) is 3.08. The number of rotatable bonds is 3. The summed E-state index contributed by atoms with van der Waals surface area (Å²) in [6, 6.07) is 6.17. The van der Waals surface area contributed by atoms with Crippen molar-refractivity contribution in [2.24, 2.45) is 0 Å². The highest BCUT2D eigenvalue weighted by Crippen LogP contribution is 2.32. The zero-order valence-electron chi connectivity index (χ0n) is 10.3. The fourth-order valence-electron chi connectivity index (χ4n) is 1.58. The lowest BCUT2D eigenvalue weighted by atomic mass is 10.3. The molecule has 0 aliphatic heterocycles. The summed E-state index contributed by atoms with van der Waals surface area (Å²) in [6.45, 7) is 0. The van der Waals surface area contributed by atoms with Gasteiger partial charge in [-0.1, -0.05) is 11.6 Å². The molecule has 0 saturated carbocycles. The highest BCUT2D eigenvalue weighted by molar-refractivity contribution is 7.20. The molecule has 0 unspecified atom stereocenters. The highest BCUT2D eigenvalue weighted by Gasteiger charge is 2.11. The Kier molecular flexibility index (Phi) is 3.96. The largest absolute Gasteiger partial charge is 0.298 e. The number of thiophene rings is 1. The van der Waals surface area contributed by atoms with Crippen LogP contribution in [0.3, 0.4) is 0 Å². The number of carbonyl (C=O) groups excluding carboxylic acids is 1. The van der Waals surface area contributed by atoms with Crippen LogP contribution in [-0.2, 0) is 0 Å². The fraction of sp³-hybridized carbons (Fsp3) is 0. The zero-order chi connectivity index (χ0) is 14.8. The summed E-state index contributed by atoms with van der Waals surface area (Å²) < 4.78 is 13.4. The molecule has 1 amide bonds.